The van der Waals surface area contributed by atoms with Gasteiger partial charge in [-0.15, -0.1) is 0 Å². The maximum Gasteiger partial charge on any atom is 0.330 e. The van der Waals surface area contributed by atoms with Crippen LogP contribution in [0.2, 0.25) is 0 Å². The number of amides is 1. The van der Waals surface area contributed by atoms with E-state index in [0.717, 1.165) is 17.0 Å². The summed E-state index contributed by atoms with van der Waals surface area (Å²) in [6.07, 6.45) is 6.27. The first kappa shape index (κ1) is 23.2. The number of ether oxygens (including phenoxy) is 2. The molecular weight excluding hydrogens is 430 g/mol. The highest BCUT2D eigenvalue weighted by molar-refractivity contribution is 5.93. The molecule has 34 heavy (non-hydrogen) atoms. The molecule has 0 bridgehead atoms. The van der Waals surface area contributed by atoms with Gasteiger partial charge < -0.3 is 9.47 Å². The van der Waals surface area contributed by atoms with Crippen LogP contribution in [0.25, 0.3) is 17.3 Å². The fourth-order valence-electron chi connectivity index (χ4n) is 3.18. The van der Waals surface area contributed by atoms with E-state index in [4.69, 9.17) is 6.11 Å². The monoisotopic (exact) mass is 460 g/mol. The lowest BCUT2D eigenvalue weighted by Crippen LogP contribution is -2.32. The molecule has 0 saturated carbocycles. The third-order valence-corrected chi connectivity index (χ3v) is 4.93. The second-order valence-corrected chi connectivity index (χ2v) is 8.00. The molecule has 0 saturated heterocycles. The summed E-state index contributed by atoms with van der Waals surface area (Å²) in [6, 6.07) is 14.5. The number of anilines is 1. The number of hydrogen-bond donors (Lipinski definition) is 0. The fourth-order valence-corrected chi connectivity index (χ4v) is 3.18. The van der Waals surface area contributed by atoms with Crippen molar-refractivity contribution in [1.82, 2.24) is 9.97 Å². The summed E-state index contributed by atoms with van der Waals surface area (Å²) in [6.45, 7) is 2.85. The van der Waals surface area contributed by atoms with Crippen molar-refractivity contribution in [2.24, 2.45) is 5.92 Å². The van der Waals surface area contributed by atoms with E-state index >= 15 is 0 Å². The number of carbonyl (C=O) groups excluding carboxylic acids is 2. The van der Waals surface area contributed by atoms with Crippen molar-refractivity contribution in [2.45, 2.75) is 26.8 Å². The molecule has 0 fully saturated rings. The molecule has 3 rings (SSSR count). The molecule has 0 aliphatic carbocycles. The second kappa shape index (κ2) is 11.7. The predicted octanol–water partition coefficient (Wildman–Crippen LogP) is 4.92. The van der Waals surface area contributed by atoms with Crippen LogP contribution in [0, 0.1) is 5.92 Å². The van der Waals surface area contributed by atoms with Gasteiger partial charge in [0.1, 0.15) is 11.6 Å². The van der Waals surface area contributed by atoms with Crippen LogP contribution in [-0.2, 0) is 20.8 Å². The zero-order valence-electron chi connectivity index (χ0n) is 20.8. The Morgan fingerprint density at radius 2 is 1.85 bits per heavy atom. The van der Waals surface area contributed by atoms with E-state index in [9.17, 15) is 9.59 Å². The quantitative estimate of drug-likeness (QED) is 0.333. The maximum atomic E-state index is 13.2. The van der Waals surface area contributed by atoms with Gasteiger partial charge in [-0.3, -0.25) is 14.7 Å². The lowest BCUT2D eigenvalue weighted by atomic mass is 10.1. The minimum atomic E-state index is -1.05. The smallest absolute Gasteiger partial charge is 0.330 e. The van der Waals surface area contributed by atoms with E-state index in [2.05, 4.69) is 14.7 Å². The molecule has 0 N–H and O–H groups in total. The Bertz CT molecular complexity index is 1180. The minimum absolute atomic E-state index is 0.107. The summed E-state index contributed by atoms with van der Waals surface area (Å²) in [4.78, 5) is 34.9. The molecule has 1 aromatic carbocycles. The van der Waals surface area contributed by atoms with Gasteiger partial charge in [-0.05, 0) is 65.6 Å². The largest absolute Gasteiger partial charge is 0.497 e. The number of benzene rings is 1. The van der Waals surface area contributed by atoms with E-state index in [-0.39, 0.29) is 18.2 Å². The third kappa shape index (κ3) is 6.75. The maximum absolute atomic E-state index is 13.2. The van der Waals surface area contributed by atoms with Crippen LogP contribution in [0.3, 0.4) is 0 Å². The van der Waals surface area contributed by atoms with Crippen LogP contribution < -0.4 is 9.64 Å². The fraction of sp³-hybridized carbons (Fsp3) is 0.259. The van der Waals surface area contributed by atoms with E-state index in [1.807, 2.05) is 44.2 Å². The first-order chi connectivity index (χ1) is 16.8. The molecule has 1 atom stereocenters. The highest BCUT2D eigenvalue weighted by atomic mass is 16.5. The number of methoxy groups -OCH3 is 2. The van der Waals surface area contributed by atoms with Crippen molar-refractivity contribution < 1.29 is 20.4 Å². The van der Waals surface area contributed by atoms with Crippen molar-refractivity contribution in [1.29, 1.82) is 0 Å². The Hall–Kier alpha value is -4.00. The second-order valence-electron chi connectivity index (χ2n) is 8.00. The van der Waals surface area contributed by atoms with Gasteiger partial charge in [-0.2, -0.15) is 0 Å². The molecule has 0 spiro atoms. The Kier molecular flexibility index (Phi) is 8.00. The van der Waals surface area contributed by atoms with Crippen molar-refractivity contribution in [3.8, 4) is 17.0 Å². The van der Waals surface area contributed by atoms with Gasteiger partial charge in [-0.1, -0.05) is 19.9 Å². The van der Waals surface area contributed by atoms with E-state index < -0.39 is 12.5 Å². The van der Waals surface area contributed by atoms with Crippen molar-refractivity contribution in [2.75, 3.05) is 19.1 Å². The lowest BCUT2D eigenvalue weighted by Gasteiger charge is -2.23. The number of carbonyl (C=O) groups is 2. The Balaban J connectivity index is 1.91. The summed E-state index contributed by atoms with van der Waals surface area (Å²) < 4.78 is 18.7. The van der Waals surface area contributed by atoms with E-state index in [1.54, 1.807) is 43.8 Å². The van der Waals surface area contributed by atoms with Gasteiger partial charge in [-0.25, -0.2) is 9.78 Å². The highest BCUT2D eigenvalue weighted by Crippen LogP contribution is 2.23. The lowest BCUT2D eigenvalue weighted by molar-refractivity contribution is -0.134. The number of pyridine rings is 2. The summed E-state index contributed by atoms with van der Waals surface area (Å²) in [5.41, 5.74) is 2.87. The number of esters is 1. The standard InChI is InChI=1S/C27H29N3O4/c1-19(2)15-26(31)30(25-16-20(13-14-28-25)6-12-27(32)34-4)18-21-5-11-24(29-17-21)22-7-9-23(33-3)10-8-22/h5-14,16-17,19H,15,18H2,1-4H3/b12-6+/i18D. The minimum Gasteiger partial charge on any atom is -0.497 e. The molecule has 0 radical (unpaired) electrons. The molecule has 0 aliphatic heterocycles. The van der Waals surface area contributed by atoms with Crippen LogP contribution >= 0.6 is 0 Å². The van der Waals surface area contributed by atoms with Crippen LogP contribution in [0.5, 0.6) is 5.75 Å². The Morgan fingerprint density at radius 1 is 1.09 bits per heavy atom. The first-order valence-electron chi connectivity index (χ1n) is 11.5. The van der Waals surface area contributed by atoms with Gasteiger partial charge in [0.05, 0.1) is 27.8 Å². The molecule has 3 aromatic rings. The first-order valence-corrected chi connectivity index (χ1v) is 10.9. The average Bonchev–Trinajstić information content (AvgIpc) is 2.87. The average molecular weight is 461 g/mol. The summed E-state index contributed by atoms with van der Waals surface area (Å²) in [7, 11) is 2.92. The van der Waals surface area contributed by atoms with Gasteiger partial charge in [0, 0.05) is 30.5 Å². The number of rotatable bonds is 9. The van der Waals surface area contributed by atoms with Crippen molar-refractivity contribution >= 4 is 23.8 Å². The molecule has 7 heteroatoms. The molecule has 7 nitrogen and oxygen atoms in total. The summed E-state index contributed by atoms with van der Waals surface area (Å²) >= 11 is 0. The van der Waals surface area contributed by atoms with Crippen LogP contribution in [0.4, 0.5) is 5.82 Å². The number of hydrogen-bond acceptors (Lipinski definition) is 6. The Morgan fingerprint density at radius 3 is 2.47 bits per heavy atom. The normalized spacial score (nSPS) is 12.3. The Labute approximate surface area is 201 Å². The molecule has 2 heterocycles. The van der Waals surface area contributed by atoms with Crippen molar-refractivity contribution in [3.05, 3.63) is 78.1 Å². The zero-order valence-corrected chi connectivity index (χ0v) is 19.8. The summed E-state index contributed by atoms with van der Waals surface area (Å²) in [5.74, 6) is 0.474. The molecular formula is C27H29N3O4. The van der Waals surface area contributed by atoms with Gasteiger partial charge >= 0.3 is 5.97 Å². The van der Waals surface area contributed by atoms with Crippen molar-refractivity contribution in [3.63, 3.8) is 0 Å². The van der Waals surface area contributed by atoms with Crippen LogP contribution in [0.15, 0.2) is 67.0 Å². The predicted molar refractivity (Wildman–Crippen MR) is 132 cm³/mol. The molecule has 1 amide bonds. The topological polar surface area (TPSA) is 81.6 Å². The highest BCUT2D eigenvalue weighted by Gasteiger charge is 2.19. The van der Waals surface area contributed by atoms with Crippen LogP contribution in [0.1, 0.15) is 32.8 Å². The van der Waals surface area contributed by atoms with E-state index in [1.165, 1.54) is 18.1 Å². The molecule has 2 aromatic heterocycles. The molecule has 0 aliphatic rings. The number of aromatic nitrogens is 2. The number of nitrogens with zero attached hydrogens (tertiary/aromatic N) is 3. The molecule has 1 unspecified atom stereocenters. The zero-order chi connectivity index (χ0) is 25.4. The van der Waals surface area contributed by atoms with Gasteiger partial charge in [0.2, 0.25) is 5.91 Å². The van der Waals surface area contributed by atoms with Crippen LogP contribution in [-0.4, -0.2) is 36.1 Å². The van der Waals surface area contributed by atoms with Gasteiger partial charge in [0.15, 0.2) is 0 Å². The summed E-state index contributed by atoms with van der Waals surface area (Å²) in [5, 5.41) is 0. The van der Waals surface area contributed by atoms with E-state index in [0.29, 0.717) is 16.9 Å². The van der Waals surface area contributed by atoms with Gasteiger partial charge in [0.25, 0.3) is 0 Å². The molecule has 176 valence electrons. The third-order valence-electron chi connectivity index (χ3n) is 4.93. The SMILES string of the molecule is [2H]C(c1ccc(-c2ccc(OC)cc2)nc1)N(C(=O)CC(C)C)c1cc(/C=C/C(=O)OC)ccn1.